The van der Waals surface area contributed by atoms with Crippen molar-refractivity contribution in [1.29, 1.82) is 0 Å². The van der Waals surface area contributed by atoms with Crippen LogP contribution in [0, 0.1) is 13.8 Å². The van der Waals surface area contributed by atoms with Crippen molar-refractivity contribution in [3.63, 3.8) is 0 Å². The molecule has 0 saturated heterocycles. The normalized spacial score (nSPS) is 11.9. The van der Waals surface area contributed by atoms with Gasteiger partial charge in [-0.1, -0.05) is 188 Å². The topological polar surface area (TPSA) is 14.8 Å². The first kappa shape index (κ1) is 45.0. The van der Waals surface area contributed by atoms with Gasteiger partial charge in [-0.3, -0.25) is 0 Å². The van der Waals surface area contributed by atoms with Gasteiger partial charge in [0, 0.05) is 49.4 Å². The summed E-state index contributed by atoms with van der Waals surface area (Å²) < 4.78 is 7.32. The zero-order valence-electron chi connectivity index (χ0n) is 43.8. The van der Waals surface area contributed by atoms with E-state index in [2.05, 4.69) is 301 Å². The van der Waals surface area contributed by atoms with Gasteiger partial charge in [-0.2, -0.15) is 0 Å². The number of aryl methyl sites for hydroxylation is 2. The fourth-order valence-electron chi connectivity index (χ4n) is 13.2. The largest absolute Gasteiger partial charge is 0.309 e. The highest BCUT2D eigenvalue weighted by Crippen LogP contribution is 2.46. The van der Waals surface area contributed by atoms with Gasteiger partial charge in [0.05, 0.1) is 33.1 Å². The van der Waals surface area contributed by atoms with E-state index >= 15 is 0 Å². The van der Waals surface area contributed by atoms with Crippen LogP contribution in [0.1, 0.15) is 11.1 Å². The second-order valence-electron chi connectivity index (χ2n) is 21.3. The summed E-state index contributed by atoms with van der Waals surface area (Å²) in [5.74, 6) is 0. The average molecular weight is 1010 g/mol. The van der Waals surface area contributed by atoms with Crippen LogP contribution in [0.15, 0.2) is 273 Å². The molecule has 0 atom stereocenters. The molecule has 0 radical (unpaired) electrons. The first-order valence-electron chi connectivity index (χ1n) is 27.4. The number of rotatable bonds is 7. The first-order chi connectivity index (χ1) is 39.0. The molecule has 0 saturated carbocycles. The lowest BCUT2D eigenvalue weighted by atomic mass is 9.86. The van der Waals surface area contributed by atoms with Crippen molar-refractivity contribution in [2.24, 2.45) is 0 Å². The molecular formula is C76H51N3. The third-order valence-corrected chi connectivity index (χ3v) is 16.9. The van der Waals surface area contributed by atoms with Crippen LogP contribution in [0.25, 0.3) is 149 Å². The predicted molar refractivity (Wildman–Crippen MR) is 336 cm³/mol. The molecule has 0 bridgehead atoms. The molecule has 0 unspecified atom stereocenters. The Kier molecular flexibility index (Phi) is 10.1. The van der Waals surface area contributed by atoms with Crippen molar-refractivity contribution in [1.82, 2.24) is 13.7 Å². The van der Waals surface area contributed by atoms with Gasteiger partial charge in [0.1, 0.15) is 0 Å². The van der Waals surface area contributed by atoms with Gasteiger partial charge in [0.2, 0.25) is 0 Å². The Bertz CT molecular complexity index is 4870. The van der Waals surface area contributed by atoms with E-state index in [9.17, 15) is 0 Å². The highest BCUT2D eigenvalue weighted by atomic mass is 15.0. The summed E-state index contributed by atoms with van der Waals surface area (Å²) in [6.45, 7) is 4.40. The molecule has 0 aliphatic carbocycles. The van der Waals surface area contributed by atoms with Crippen molar-refractivity contribution in [3.8, 4) is 61.6 Å². The Labute approximate surface area is 457 Å². The highest BCUT2D eigenvalue weighted by molar-refractivity contribution is 6.22. The summed E-state index contributed by atoms with van der Waals surface area (Å²) in [5.41, 5.74) is 22.9. The van der Waals surface area contributed by atoms with Crippen molar-refractivity contribution in [3.05, 3.63) is 284 Å². The minimum absolute atomic E-state index is 1.12. The van der Waals surface area contributed by atoms with Crippen LogP contribution < -0.4 is 0 Å². The first-order valence-corrected chi connectivity index (χ1v) is 27.4. The van der Waals surface area contributed by atoms with Crippen LogP contribution in [0.2, 0.25) is 0 Å². The van der Waals surface area contributed by atoms with Crippen LogP contribution in [-0.4, -0.2) is 13.7 Å². The van der Waals surface area contributed by atoms with Gasteiger partial charge < -0.3 is 13.7 Å². The van der Waals surface area contributed by atoms with Crippen LogP contribution in [0.5, 0.6) is 0 Å². The van der Waals surface area contributed by atoms with Crippen molar-refractivity contribution >= 4 is 87.0 Å². The summed E-state index contributed by atoms with van der Waals surface area (Å²) in [5, 5.41) is 12.4. The molecule has 13 aromatic carbocycles. The van der Waals surface area contributed by atoms with E-state index in [0.717, 1.165) is 5.69 Å². The number of nitrogens with zero attached hydrogens (tertiary/aromatic N) is 3. The van der Waals surface area contributed by atoms with Gasteiger partial charge in [-0.15, -0.1) is 0 Å². The predicted octanol–water partition coefficient (Wildman–Crippen LogP) is 20.6. The SMILES string of the molecule is Cc1ccccc1-n1c2ccccc2c2cc(-c3ccc4c(c3)c3cc(-c5ccc6c(c5)c5ccccc5n6-c5ccccc5C)ccc3n4-c3ccc(-c4c5ccccc5c(-c5ccccc5)c5ccccc45)cc3)ccc21. The number of hydrogen-bond acceptors (Lipinski definition) is 0. The number of para-hydroxylation sites is 4. The molecule has 0 spiro atoms. The molecule has 0 aliphatic heterocycles. The zero-order chi connectivity index (χ0) is 52.3. The molecule has 3 aromatic heterocycles. The molecule has 370 valence electrons. The van der Waals surface area contributed by atoms with E-state index in [1.165, 1.54) is 154 Å². The number of aromatic nitrogens is 3. The summed E-state index contributed by atoms with van der Waals surface area (Å²) in [7, 11) is 0. The lowest BCUT2D eigenvalue weighted by Crippen LogP contribution is -1.96. The molecule has 0 aliphatic rings. The summed E-state index contributed by atoms with van der Waals surface area (Å²) in [4.78, 5) is 0. The van der Waals surface area contributed by atoms with E-state index in [0.29, 0.717) is 0 Å². The molecule has 16 rings (SSSR count). The molecule has 0 N–H and O–H groups in total. The Balaban J connectivity index is 0.884. The maximum Gasteiger partial charge on any atom is 0.0541 e. The third-order valence-electron chi connectivity index (χ3n) is 16.9. The minimum atomic E-state index is 1.12. The van der Waals surface area contributed by atoms with Crippen molar-refractivity contribution in [2.45, 2.75) is 13.8 Å². The van der Waals surface area contributed by atoms with Crippen LogP contribution in [0.4, 0.5) is 0 Å². The molecule has 0 fully saturated rings. The Morgan fingerprint density at radius 2 is 0.494 bits per heavy atom. The van der Waals surface area contributed by atoms with Gasteiger partial charge >= 0.3 is 0 Å². The molecule has 79 heavy (non-hydrogen) atoms. The molecule has 3 nitrogen and oxygen atoms in total. The second-order valence-corrected chi connectivity index (χ2v) is 21.3. The summed E-state index contributed by atoms with van der Waals surface area (Å²) in [6, 6.07) is 101. The zero-order valence-corrected chi connectivity index (χ0v) is 43.8. The average Bonchev–Trinajstić information content (AvgIpc) is 4.39. The number of benzene rings is 13. The minimum Gasteiger partial charge on any atom is -0.309 e. The third kappa shape index (κ3) is 6.93. The van der Waals surface area contributed by atoms with Crippen molar-refractivity contribution < 1.29 is 0 Å². The second kappa shape index (κ2) is 17.7. The lowest BCUT2D eigenvalue weighted by molar-refractivity contribution is 1.15. The number of hydrogen-bond donors (Lipinski definition) is 0. The molecule has 3 heteroatoms. The van der Waals surface area contributed by atoms with Crippen LogP contribution in [-0.2, 0) is 0 Å². The Morgan fingerprint density at radius 1 is 0.203 bits per heavy atom. The van der Waals surface area contributed by atoms with Crippen molar-refractivity contribution in [2.75, 3.05) is 0 Å². The van der Waals surface area contributed by atoms with Crippen LogP contribution in [0.3, 0.4) is 0 Å². The lowest BCUT2D eigenvalue weighted by Gasteiger charge is -2.18. The fraction of sp³-hybridized carbons (Fsp3) is 0.0263. The van der Waals surface area contributed by atoms with Gasteiger partial charge in [-0.05, 0) is 176 Å². The Hall–Kier alpha value is -10.2. The maximum atomic E-state index is 2.47. The quantitative estimate of drug-likeness (QED) is 0.141. The van der Waals surface area contributed by atoms with Gasteiger partial charge in [-0.25, -0.2) is 0 Å². The highest BCUT2D eigenvalue weighted by Gasteiger charge is 2.21. The molecule has 3 heterocycles. The number of fused-ring (bicyclic) bond motifs is 11. The molecule has 16 aromatic rings. The fourth-order valence-corrected chi connectivity index (χ4v) is 13.2. The summed E-state index contributed by atoms with van der Waals surface area (Å²) >= 11 is 0. The molecular weight excluding hydrogens is 955 g/mol. The van der Waals surface area contributed by atoms with E-state index < -0.39 is 0 Å². The van der Waals surface area contributed by atoms with Crippen LogP contribution >= 0.6 is 0 Å². The molecule has 0 amide bonds. The van der Waals surface area contributed by atoms with E-state index in [1.807, 2.05) is 0 Å². The van der Waals surface area contributed by atoms with Gasteiger partial charge in [0.15, 0.2) is 0 Å². The standard InChI is InChI=1S/C76H51N3/c1-48-18-6-14-28-67(48)78-69-30-16-12-22-57(69)63-44-52(36-42-73(63)78)54-34-40-71-65(46-54)66-47-55(53-37-43-74-64(45-53)58-23-13-17-31-70(58)79(74)68-29-15-7-19-49(68)2)35-41-72(66)77(71)56-38-32-51(33-39-56)76-61-26-10-8-24-59(61)75(50-20-4-3-5-21-50)60-25-9-11-27-62(60)76/h3-47H,1-2H3. The maximum absolute atomic E-state index is 2.47. The summed E-state index contributed by atoms with van der Waals surface area (Å²) in [6.07, 6.45) is 0. The monoisotopic (exact) mass is 1010 g/mol. The van der Waals surface area contributed by atoms with E-state index in [-0.39, 0.29) is 0 Å². The van der Waals surface area contributed by atoms with E-state index in [4.69, 9.17) is 0 Å². The van der Waals surface area contributed by atoms with Gasteiger partial charge in [0.25, 0.3) is 0 Å². The van der Waals surface area contributed by atoms with E-state index in [1.54, 1.807) is 0 Å². The smallest absolute Gasteiger partial charge is 0.0541 e. The Morgan fingerprint density at radius 3 is 0.899 bits per heavy atom.